The highest BCUT2D eigenvalue weighted by Gasteiger charge is 2.31. The molecule has 3 aromatic rings. The van der Waals surface area contributed by atoms with Gasteiger partial charge in [-0.2, -0.15) is 18.3 Å². The van der Waals surface area contributed by atoms with E-state index < -0.39 is 23.4 Å². The Kier molecular flexibility index (Phi) is 3.86. The van der Waals surface area contributed by atoms with Gasteiger partial charge in [0.15, 0.2) is 0 Å². The van der Waals surface area contributed by atoms with Gasteiger partial charge < -0.3 is 15.0 Å². The van der Waals surface area contributed by atoms with E-state index in [0.717, 1.165) is 12.1 Å². The summed E-state index contributed by atoms with van der Waals surface area (Å²) in [5.74, 6) is -0.109. The van der Waals surface area contributed by atoms with E-state index in [9.17, 15) is 22.8 Å². The standard InChI is InChI=1S/C17H15F3N4O3/c18-17(19,20)10-1-2-12-11(7-10)15-21-14(25)8-13(24(15)22-12)9-3-5-23(6-4-9)16(26)27/h1-2,7-9H,3-6H2,(H,21,25)(H,26,27). The number of likely N-dealkylation sites (tertiary alicyclic amines) is 1. The normalized spacial score (nSPS) is 16.3. The lowest BCUT2D eigenvalue weighted by atomic mass is 9.93. The molecule has 2 aromatic heterocycles. The third-order valence-electron chi connectivity index (χ3n) is 4.95. The Balaban J connectivity index is 1.83. The molecule has 1 saturated heterocycles. The van der Waals surface area contributed by atoms with Crippen LogP contribution in [0, 0.1) is 0 Å². The van der Waals surface area contributed by atoms with Crippen molar-refractivity contribution in [2.75, 3.05) is 13.1 Å². The van der Waals surface area contributed by atoms with E-state index in [2.05, 4.69) is 10.1 Å². The average molecular weight is 380 g/mol. The minimum Gasteiger partial charge on any atom is -0.465 e. The minimum absolute atomic E-state index is 0.109. The fourth-order valence-corrected chi connectivity index (χ4v) is 3.57. The van der Waals surface area contributed by atoms with Gasteiger partial charge >= 0.3 is 12.3 Å². The van der Waals surface area contributed by atoms with Crippen molar-refractivity contribution in [3.63, 3.8) is 0 Å². The number of carboxylic acid groups (broad SMARTS) is 1. The fourth-order valence-electron chi connectivity index (χ4n) is 3.57. The number of hydrogen-bond donors (Lipinski definition) is 2. The molecule has 4 rings (SSSR count). The van der Waals surface area contributed by atoms with E-state index in [4.69, 9.17) is 5.11 Å². The van der Waals surface area contributed by atoms with E-state index in [1.54, 1.807) is 0 Å². The Morgan fingerprint density at radius 2 is 1.93 bits per heavy atom. The third kappa shape index (κ3) is 3.00. The molecule has 10 heteroatoms. The van der Waals surface area contributed by atoms with Gasteiger partial charge in [-0.3, -0.25) is 4.79 Å². The Hall–Kier alpha value is -3.04. The van der Waals surface area contributed by atoms with Gasteiger partial charge in [-0.15, -0.1) is 0 Å². The summed E-state index contributed by atoms with van der Waals surface area (Å²) in [6, 6.07) is 4.59. The number of nitrogens with one attached hydrogen (secondary N) is 1. The molecule has 27 heavy (non-hydrogen) atoms. The van der Waals surface area contributed by atoms with Crippen LogP contribution in [-0.4, -0.2) is 43.8 Å². The van der Waals surface area contributed by atoms with Crippen LogP contribution in [0.15, 0.2) is 29.1 Å². The van der Waals surface area contributed by atoms with Crippen molar-refractivity contribution >= 4 is 22.6 Å². The summed E-state index contributed by atoms with van der Waals surface area (Å²) in [6.07, 6.45) is -4.47. The van der Waals surface area contributed by atoms with E-state index in [1.165, 1.54) is 21.5 Å². The Morgan fingerprint density at radius 1 is 1.22 bits per heavy atom. The topological polar surface area (TPSA) is 90.7 Å². The number of H-pyrrole nitrogens is 1. The zero-order valence-corrected chi connectivity index (χ0v) is 14.0. The minimum atomic E-state index is -4.50. The van der Waals surface area contributed by atoms with Gasteiger partial charge in [-0.25, -0.2) is 9.31 Å². The molecule has 0 spiro atoms. The number of amides is 1. The summed E-state index contributed by atoms with van der Waals surface area (Å²) in [5.41, 5.74) is -0.125. The lowest BCUT2D eigenvalue weighted by molar-refractivity contribution is -0.137. The highest BCUT2D eigenvalue weighted by Crippen LogP contribution is 2.33. The number of nitrogens with zero attached hydrogens (tertiary/aromatic N) is 3. The van der Waals surface area contributed by atoms with Crippen molar-refractivity contribution in [1.29, 1.82) is 0 Å². The van der Waals surface area contributed by atoms with E-state index in [-0.39, 0.29) is 17.0 Å². The predicted octanol–water partition coefficient (Wildman–Crippen LogP) is 3.05. The SMILES string of the molecule is O=C(O)N1CCC(c2cc(=O)[nH]c3c4cc(C(F)(F)F)ccc4nn23)CC1. The molecule has 1 fully saturated rings. The number of halogens is 3. The zero-order valence-electron chi connectivity index (χ0n) is 14.0. The van der Waals surface area contributed by atoms with Crippen molar-refractivity contribution in [3.8, 4) is 0 Å². The number of alkyl halides is 3. The number of hydrogen-bond acceptors (Lipinski definition) is 3. The summed E-state index contributed by atoms with van der Waals surface area (Å²) >= 11 is 0. The number of benzene rings is 1. The molecule has 0 radical (unpaired) electrons. The summed E-state index contributed by atoms with van der Waals surface area (Å²) in [6.45, 7) is 0.653. The van der Waals surface area contributed by atoms with Gasteiger partial charge in [0.2, 0.25) is 0 Å². The Morgan fingerprint density at radius 3 is 2.56 bits per heavy atom. The number of aromatic nitrogens is 3. The quantitative estimate of drug-likeness (QED) is 0.679. The Bertz CT molecular complexity index is 1090. The fraction of sp³-hybridized carbons (Fsp3) is 0.353. The predicted molar refractivity (Wildman–Crippen MR) is 89.9 cm³/mol. The molecule has 142 valence electrons. The largest absolute Gasteiger partial charge is 0.465 e. The second-order valence-electron chi connectivity index (χ2n) is 6.59. The number of carbonyl (C=O) groups is 1. The maximum Gasteiger partial charge on any atom is 0.416 e. The van der Waals surface area contributed by atoms with E-state index in [0.29, 0.717) is 37.1 Å². The van der Waals surface area contributed by atoms with Crippen LogP contribution in [0.5, 0.6) is 0 Å². The van der Waals surface area contributed by atoms with Gasteiger partial charge in [0, 0.05) is 30.5 Å². The number of rotatable bonds is 1. The molecule has 1 aliphatic heterocycles. The highest BCUT2D eigenvalue weighted by atomic mass is 19.4. The van der Waals surface area contributed by atoms with Crippen molar-refractivity contribution < 1.29 is 23.1 Å². The lowest BCUT2D eigenvalue weighted by Gasteiger charge is -2.30. The van der Waals surface area contributed by atoms with Crippen LogP contribution in [0.25, 0.3) is 16.6 Å². The molecule has 1 aromatic carbocycles. The van der Waals surface area contributed by atoms with E-state index >= 15 is 0 Å². The van der Waals surface area contributed by atoms with Gasteiger partial charge in [-0.1, -0.05) is 0 Å². The summed E-state index contributed by atoms with van der Waals surface area (Å²) in [5, 5.41) is 13.6. The highest BCUT2D eigenvalue weighted by molar-refractivity contribution is 5.92. The second kappa shape index (κ2) is 6.00. The van der Waals surface area contributed by atoms with Gasteiger partial charge in [0.1, 0.15) is 5.65 Å². The summed E-state index contributed by atoms with van der Waals surface area (Å²) in [4.78, 5) is 27.0. The first-order valence-electron chi connectivity index (χ1n) is 8.35. The van der Waals surface area contributed by atoms with Crippen molar-refractivity contribution in [2.45, 2.75) is 24.9 Å². The molecular weight excluding hydrogens is 365 g/mol. The van der Waals surface area contributed by atoms with Crippen molar-refractivity contribution in [2.24, 2.45) is 0 Å². The van der Waals surface area contributed by atoms with Gasteiger partial charge in [-0.05, 0) is 31.0 Å². The molecule has 7 nitrogen and oxygen atoms in total. The lowest BCUT2D eigenvalue weighted by Crippen LogP contribution is -2.37. The van der Waals surface area contributed by atoms with Crippen LogP contribution in [0.1, 0.15) is 30.0 Å². The number of fused-ring (bicyclic) bond motifs is 3. The first kappa shape index (κ1) is 17.4. The molecule has 1 aliphatic rings. The first-order valence-corrected chi connectivity index (χ1v) is 8.35. The number of piperidine rings is 1. The number of aromatic amines is 1. The first-order chi connectivity index (χ1) is 12.7. The summed E-state index contributed by atoms with van der Waals surface area (Å²) < 4.78 is 40.5. The van der Waals surface area contributed by atoms with Crippen LogP contribution in [0.2, 0.25) is 0 Å². The smallest absolute Gasteiger partial charge is 0.416 e. The molecule has 3 heterocycles. The monoisotopic (exact) mass is 380 g/mol. The van der Waals surface area contributed by atoms with E-state index in [1.807, 2.05) is 0 Å². The molecule has 0 atom stereocenters. The molecule has 0 saturated carbocycles. The maximum absolute atomic E-state index is 13.0. The second-order valence-corrected chi connectivity index (χ2v) is 6.59. The van der Waals surface area contributed by atoms with Crippen LogP contribution in [-0.2, 0) is 6.18 Å². The van der Waals surface area contributed by atoms with Crippen LogP contribution >= 0.6 is 0 Å². The summed E-state index contributed by atoms with van der Waals surface area (Å²) in [7, 11) is 0. The molecule has 0 unspecified atom stereocenters. The van der Waals surface area contributed by atoms with Crippen LogP contribution < -0.4 is 5.56 Å². The van der Waals surface area contributed by atoms with Crippen LogP contribution in [0.3, 0.4) is 0 Å². The Labute approximate surface area is 150 Å². The molecule has 0 aliphatic carbocycles. The van der Waals surface area contributed by atoms with Crippen molar-refractivity contribution in [3.05, 3.63) is 45.9 Å². The average Bonchev–Trinajstić information content (AvgIpc) is 2.98. The maximum atomic E-state index is 13.0. The van der Waals surface area contributed by atoms with Crippen molar-refractivity contribution in [1.82, 2.24) is 19.5 Å². The third-order valence-corrected chi connectivity index (χ3v) is 4.95. The van der Waals surface area contributed by atoms with Crippen LogP contribution in [0.4, 0.5) is 18.0 Å². The molecule has 1 amide bonds. The molecular formula is C17H15F3N4O3. The van der Waals surface area contributed by atoms with Gasteiger partial charge in [0.25, 0.3) is 5.56 Å². The molecule has 0 bridgehead atoms. The molecule has 2 N–H and O–H groups in total. The van der Waals surface area contributed by atoms with Gasteiger partial charge in [0.05, 0.1) is 16.8 Å². The zero-order chi connectivity index (χ0) is 19.3.